The normalized spacial score (nSPS) is 15.2. The maximum absolute atomic E-state index is 12.8. The molecule has 0 aromatic carbocycles. The van der Waals surface area contributed by atoms with Crippen molar-refractivity contribution >= 4 is 17.2 Å². The lowest BCUT2D eigenvalue weighted by molar-refractivity contribution is 0.0846. The van der Waals surface area contributed by atoms with Crippen LogP contribution in [0.1, 0.15) is 40.5 Å². The third kappa shape index (κ3) is 3.28. The molecule has 1 aliphatic rings. The summed E-state index contributed by atoms with van der Waals surface area (Å²) in [5, 5.41) is 7.06. The van der Waals surface area contributed by atoms with Crippen molar-refractivity contribution in [3.63, 3.8) is 0 Å². The predicted octanol–water partition coefficient (Wildman–Crippen LogP) is 2.53. The Kier molecular flexibility index (Phi) is 4.57. The molecule has 1 amide bonds. The van der Waals surface area contributed by atoms with Crippen molar-refractivity contribution in [1.82, 2.24) is 19.2 Å². The summed E-state index contributed by atoms with van der Waals surface area (Å²) in [7, 11) is 3.39. The first-order valence-corrected chi connectivity index (χ1v) is 9.01. The minimum absolute atomic E-state index is 0.244. The van der Waals surface area contributed by atoms with Crippen LogP contribution in [0, 0.1) is 6.92 Å². The van der Waals surface area contributed by atoms with Crippen LogP contribution in [-0.2, 0) is 11.8 Å². The quantitative estimate of drug-likeness (QED) is 0.764. The summed E-state index contributed by atoms with van der Waals surface area (Å²) in [6.07, 6.45) is 7.34. The number of carbonyl (C=O) groups is 1. The van der Waals surface area contributed by atoms with E-state index in [1.165, 1.54) is 0 Å². The van der Waals surface area contributed by atoms with Gasteiger partial charge in [-0.15, -0.1) is 0 Å². The van der Waals surface area contributed by atoms with E-state index in [1.807, 2.05) is 24.6 Å². The SMILES string of the molecule is COc1cc2nc(C3CCOCC3)cn2cc1C(=O)Nc1cnn(C)c1C. The van der Waals surface area contributed by atoms with E-state index in [9.17, 15) is 4.79 Å². The number of fused-ring (bicyclic) bond motifs is 1. The second-order valence-electron chi connectivity index (χ2n) is 6.79. The average molecular weight is 369 g/mol. The summed E-state index contributed by atoms with van der Waals surface area (Å²) in [5.41, 5.74) is 3.80. The number of aromatic nitrogens is 4. The zero-order chi connectivity index (χ0) is 19.0. The first kappa shape index (κ1) is 17.5. The van der Waals surface area contributed by atoms with E-state index in [0.29, 0.717) is 22.9 Å². The molecule has 4 heterocycles. The second-order valence-corrected chi connectivity index (χ2v) is 6.79. The van der Waals surface area contributed by atoms with Crippen molar-refractivity contribution in [2.45, 2.75) is 25.7 Å². The minimum Gasteiger partial charge on any atom is -0.496 e. The Morgan fingerprint density at radius 1 is 1.33 bits per heavy atom. The number of nitrogens with zero attached hydrogens (tertiary/aromatic N) is 4. The number of ether oxygens (including phenoxy) is 2. The molecule has 1 aliphatic heterocycles. The van der Waals surface area contributed by atoms with Crippen molar-refractivity contribution < 1.29 is 14.3 Å². The maximum Gasteiger partial charge on any atom is 0.261 e. The predicted molar refractivity (Wildman–Crippen MR) is 100 cm³/mol. The van der Waals surface area contributed by atoms with Crippen LogP contribution in [0.3, 0.4) is 0 Å². The molecule has 0 radical (unpaired) electrons. The number of aryl methyl sites for hydroxylation is 1. The lowest BCUT2D eigenvalue weighted by Gasteiger charge is -2.19. The van der Waals surface area contributed by atoms with Gasteiger partial charge in [-0.1, -0.05) is 0 Å². The molecule has 0 unspecified atom stereocenters. The second kappa shape index (κ2) is 7.03. The Morgan fingerprint density at radius 3 is 2.78 bits per heavy atom. The van der Waals surface area contributed by atoms with Crippen LogP contribution in [0.2, 0.25) is 0 Å². The summed E-state index contributed by atoms with van der Waals surface area (Å²) in [4.78, 5) is 17.6. The van der Waals surface area contributed by atoms with E-state index in [-0.39, 0.29) is 5.91 Å². The van der Waals surface area contributed by atoms with Crippen molar-refractivity contribution in [3.8, 4) is 5.75 Å². The number of amides is 1. The summed E-state index contributed by atoms with van der Waals surface area (Å²) < 4.78 is 14.5. The molecule has 0 aliphatic carbocycles. The van der Waals surface area contributed by atoms with Crippen LogP contribution in [0.15, 0.2) is 24.7 Å². The Bertz CT molecular complexity index is 985. The van der Waals surface area contributed by atoms with E-state index in [0.717, 1.165) is 43.1 Å². The van der Waals surface area contributed by atoms with Gasteiger partial charge in [-0.2, -0.15) is 5.10 Å². The van der Waals surface area contributed by atoms with Crippen LogP contribution >= 0.6 is 0 Å². The summed E-state index contributed by atoms with van der Waals surface area (Å²) >= 11 is 0. The highest BCUT2D eigenvalue weighted by molar-refractivity contribution is 6.06. The first-order chi connectivity index (χ1) is 13.1. The molecule has 1 saturated heterocycles. The molecular weight excluding hydrogens is 346 g/mol. The van der Waals surface area contributed by atoms with Crippen molar-refractivity contribution in [1.29, 1.82) is 0 Å². The molecule has 0 saturated carbocycles. The molecule has 8 nitrogen and oxygen atoms in total. The van der Waals surface area contributed by atoms with Gasteiger partial charge in [-0.25, -0.2) is 4.98 Å². The smallest absolute Gasteiger partial charge is 0.261 e. The molecule has 8 heteroatoms. The Balaban J connectivity index is 1.66. The van der Waals surface area contributed by atoms with Gasteiger partial charge in [0, 0.05) is 44.6 Å². The van der Waals surface area contributed by atoms with Gasteiger partial charge < -0.3 is 19.2 Å². The fourth-order valence-corrected chi connectivity index (χ4v) is 3.38. The van der Waals surface area contributed by atoms with Gasteiger partial charge in [0.25, 0.3) is 5.91 Å². The van der Waals surface area contributed by atoms with E-state index in [1.54, 1.807) is 30.3 Å². The van der Waals surface area contributed by atoms with Crippen LogP contribution in [0.25, 0.3) is 5.65 Å². The van der Waals surface area contributed by atoms with E-state index < -0.39 is 0 Å². The van der Waals surface area contributed by atoms with Gasteiger partial charge in [0.1, 0.15) is 11.4 Å². The van der Waals surface area contributed by atoms with Crippen molar-refractivity contribution in [3.05, 3.63) is 41.6 Å². The molecule has 0 atom stereocenters. The molecule has 1 N–H and O–H groups in total. The van der Waals surface area contributed by atoms with Gasteiger partial charge in [-0.05, 0) is 19.8 Å². The standard InChI is InChI=1S/C19H23N5O3/c1-12-15(9-20-23(12)2)22-19(25)14-10-24-11-16(13-4-6-27-7-5-13)21-18(24)8-17(14)26-3/h8-11,13H,4-7H2,1-3H3,(H,22,25). The van der Waals surface area contributed by atoms with E-state index >= 15 is 0 Å². The van der Waals surface area contributed by atoms with Crippen molar-refractivity contribution in [2.75, 3.05) is 25.6 Å². The highest BCUT2D eigenvalue weighted by Gasteiger charge is 2.21. The molecule has 0 bridgehead atoms. The van der Waals surface area contributed by atoms with Crippen LogP contribution in [0.5, 0.6) is 5.75 Å². The molecule has 1 fully saturated rings. The average Bonchev–Trinajstić information content (AvgIpc) is 3.25. The highest BCUT2D eigenvalue weighted by Crippen LogP contribution is 2.28. The fourth-order valence-electron chi connectivity index (χ4n) is 3.38. The molecule has 4 rings (SSSR count). The lowest BCUT2D eigenvalue weighted by Crippen LogP contribution is -2.14. The lowest BCUT2D eigenvalue weighted by atomic mass is 9.97. The van der Waals surface area contributed by atoms with Gasteiger partial charge in [0.2, 0.25) is 0 Å². The number of imidazole rings is 1. The Morgan fingerprint density at radius 2 is 2.11 bits per heavy atom. The molecule has 27 heavy (non-hydrogen) atoms. The molecule has 3 aromatic heterocycles. The molecule has 0 spiro atoms. The number of hydrogen-bond acceptors (Lipinski definition) is 5. The van der Waals surface area contributed by atoms with Crippen LogP contribution in [-0.4, -0.2) is 45.4 Å². The molecule has 3 aromatic rings. The Hall–Kier alpha value is -2.87. The Labute approximate surface area is 157 Å². The van der Waals surface area contributed by atoms with Crippen LogP contribution < -0.4 is 10.1 Å². The maximum atomic E-state index is 12.8. The highest BCUT2D eigenvalue weighted by atomic mass is 16.5. The number of methoxy groups -OCH3 is 1. The van der Waals surface area contributed by atoms with E-state index in [4.69, 9.17) is 14.5 Å². The summed E-state index contributed by atoms with van der Waals surface area (Å²) in [5.74, 6) is 0.636. The zero-order valence-electron chi connectivity index (χ0n) is 15.7. The topological polar surface area (TPSA) is 82.7 Å². The number of pyridine rings is 1. The summed E-state index contributed by atoms with van der Waals surface area (Å²) in [6.45, 7) is 3.43. The largest absolute Gasteiger partial charge is 0.496 e. The van der Waals surface area contributed by atoms with Gasteiger partial charge >= 0.3 is 0 Å². The van der Waals surface area contributed by atoms with Gasteiger partial charge in [0.05, 0.1) is 35.9 Å². The zero-order valence-corrected chi connectivity index (χ0v) is 15.7. The fraction of sp³-hybridized carbons (Fsp3) is 0.421. The minimum atomic E-state index is -0.244. The van der Waals surface area contributed by atoms with Crippen LogP contribution in [0.4, 0.5) is 5.69 Å². The number of rotatable bonds is 4. The third-order valence-electron chi connectivity index (χ3n) is 5.16. The number of anilines is 1. The first-order valence-electron chi connectivity index (χ1n) is 9.01. The summed E-state index contributed by atoms with van der Waals surface area (Å²) in [6, 6.07) is 1.80. The third-order valence-corrected chi connectivity index (χ3v) is 5.16. The van der Waals surface area contributed by atoms with E-state index in [2.05, 4.69) is 10.4 Å². The van der Waals surface area contributed by atoms with Gasteiger partial charge in [-0.3, -0.25) is 9.48 Å². The molecular formula is C19H23N5O3. The number of carbonyl (C=O) groups excluding carboxylic acids is 1. The molecule has 142 valence electrons. The van der Waals surface area contributed by atoms with Crippen molar-refractivity contribution in [2.24, 2.45) is 7.05 Å². The number of nitrogens with one attached hydrogen (secondary N) is 1. The van der Waals surface area contributed by atoms with Gasteiger partial charge in [0.15, 0.2) is 0 Å². The monoisotopic (exact) mass is 369 g/mol. The number of hydrogen-bond donors (Lipinski definition) is 1.